The van der Waals surface area contributed by atoms with Crippen LogP contribution in [0.15, 0.2) is 120 Å². The fourth-order valence-corrected chi connectivity index (χ4v) is 6.41. The molecule has 4 aromatic carbocycles. The largest absolute Gasteiger partial charge is 0.275 e. The number of aromatic nitrogens is 1. The number of benzene rings is 4. The molecule has 0 saturated heterocycles. The molecule has 42 heavy (non-hydrogen) atoms. The highest BCUT2D eigenvalue weighted by atomic mass is 35.5. The highest BCUT2D eigenvalue weighted by Crippen LogP contribution is 2.45. The minimum absolute atomic E-state index is 0.0733. The molecule has 1 aliphatic heterocycles. The van der Waals surface area contributed by atoms with Crippen LogP contribution in [-0.4, -0.2) is 21.6 Å². The molecule has 1 aliphatic carbocycles. The summed E-state index contributed by atoms with van der Waals surface area (Å²) in [5.41, 5.74) is 7.31. The maximum absolute atomic E-state index is 14.7. The number of rotatable bonds is 4. The summed E-state index contributed by atoms with van der Waals surface area (Å²) in [6.07, 6.45) is 5.05. The maximum atomic E-state index is 14.7. The van der Waals surface area contributed by atoms with Crippen LogP contribution in [0.2, 0.25) is 10.0 Å². The van der Waals surface area contributed by atoms with Gasteiger partial charge in [-0.3, -0.25) is 4.79 Å². The van der Waals surface area contributed by atoms with Gasteiger partial charge >= 0.3 is 0 Å². The van der Waals surface area contributed by atoms with Crippen LogP contribution in [0.4, 0.5) is 0 Å². The summed E-state index contributed by atoms with van der Waals surface area (Å²) in [6.45, 7) is 0. The van der Waals surface area contributed by atoms with Crippen molar-refractivity contribution in [2.75, 3.05) is 0 Å². The molecule has 4 nitrogen and oxygen atoms in total. The lowest BCUT2D eigenvalue weighted by atomic mass is 9.77. The number of pyridine rings is 1. The first-order valence-electron chi connectivity index (χ1n) is 14.1. The Morgan fingerprint density at radius 2 is 1.52 bits per heavy atom. The van der Waals surface area contributed by atoms with Crippen LogP contribution in [0.3, 0.4) is 0 Å². The van der Waals surface area contributed by atoms with E-state index in [0.29, 0.717) is 15.6 Å². The van der Waals surface area contributed by atoms with Crippen molar-refractivity contribution in [2.45, 2.75) is 25.3 Å². The number of hydrogen-bond donors (Lipinski definition) is 0. The maximum Gasteiger partial charge on any atom is 0.275 e. The summed E-state index contributed by atoms with van der Waals surface area (Å²) >= 11 is 12.4. The van der Waals surface area contributed by atoms with Crippen molar-refractivity contribution < 1.29 is 4.79 Å². The minimum Gasteiger partial charge on any atom is -0.267 e. The predicted molar refractivity (Wildman–Crippen MR) is 172 cm³/mol. The third-order valence-corrected chi connectivity index (χ3v) is 8.65. The number of halogens is 2. The van der Waals surface area contributed by atoms with E-state index in [9.17, 15) is 4.79 Å². The van der Waals surface area contributed by atoms with E-state index in [4.69, 9.17) is 33.3 Å². The Labute approximate surface area is 254 Å². The van der Waals surface area contributed by atoms with Crippen LogP contribution < -0.4 is 0 Å². The molecule has 0 radical (unpaired) electrons. The molecule has 0 bridgehead atoms. The van der Waals surface area contributed by atoms with Gasteiger partial charge < -0.3 is 0 Å². The molecule has 6 heteroatoms. The smallest absolute Gasteiger partial charge is 0.267 e. The molecule has 1 amide bonds. The number of fused-ring (bicyclic) bond motifs is 2. The second kappa shape index (κ2) is 11.2. The fraction of sp³-hybridized carbons (Fsp3) is 0.139. The van der Waals surface area contributed by atoms with E-state index in [1.54, 1.807) is 5.01 Å². The summed E-state index contributed by atoms with van der Waals surface area (Å²) in [6, 6.07) is 35.1. The topological polar surface area (TPSA) is 45.6 Å². The Kier molecular flexibility index (Phi) is 7.10. The van der Waals surface area contributed by atoms with E-state index in [1.165, 1.54) is 0 Å². The number of amides is 1. The highest BCUT2D eigenvalue weighted by molar-refractivity contribution is 6.30. The van der Waals surface area contributed by atoms with E-state index in [2.05, 4.69) is 6.08 Å². The van der Waals surface area contributed by atoms with E-state index >= 15 is 0 Å². The van der Waals surface area contributed by atoms with E-state index in [0.717, 1.165) is 63.8 Å². The molecule has 0 N–H and O–H groups in total. The zero-order valence-corrected chi connectivity index (χ0v) is 24.3. The lowest BCUT2D eigenvalue weighted by Gasteiger charge is -2.30. The Morgan fingerprint density at radius 1 is 0.833 bits per heavy atom. The van der Waals surface area contributed by atoms with Crippen molar-refractivity contribution in [1.29, 1.82) is 0 Å². The van der Waals surface area contributed by atoms with Crippen LogP contribution in [0.25, 0.3) is 28.2 Å². The third kappa shape index (κ3) is 5.02. The van der Waals surface area contributed by atoms with Gasteiger partial charge in [0.2, 0.25) is 0 Å². The van der Waals surface area contributed by atoms with Gasteiger partial charge in [0.1, 0.15) is 0 Å². The number of carbonyl (C=O) groups excluding carboxylic acids is 1. The molecule has 2 atom stereocenters. The molecule has 2 aliphatic rings. The molecule has 5 aromatic rings. The Hall–Kier alpha value is -4.25. The molecular formula is C36H27Cl2N3O. The lowest BCUT2D eigenvalue weighted by molar-refractivity contribution is 0.0683. The number of allylic oxidation sites excluding steroid dienone is 1. The molecule has 206 valence electrons. The quantitative estimate of drug-likeness (QED) is 0.210. The van der Waals surface area contributed by atoms with E-state index < -0.39 is 0 Å². The standard InChI is InChI=1S/C36H27Cl2N3O/c37-27-17-13-23(14-18-27)21-26-9-6-11-30-34(26)40-41(35(30)25-15-19-28(38)20-16-25)36(42)31-22-33(24-7-2-1-3-8-24)39-32-12-5-4-10-29(31)32/h1-5,7-8,10,12-22,30,35H,6,9,11H2/b26-21+. The van der Waals surface area contributed by atoms with Crippen LogP contribution >= 0.6 is 23.2 Å². The summed E-state index contributed by atoms with van der Waals surface area (Å²) in [7, 11) is 0. The fourth-order valence-electron chi connectivity index (χ4n) is 6.15. The van der Waals surface area contributed by atoms with Gasteiger partial charge in [-0.15, -0.1) is 0 Å². The number of para-hydroxylation sites is 1. The van der Waals surface area contributed by atoms with Crippen LogP contribution in [0.5, 0.6) is 0 Å². The zero-order chi connectivity index (χ0) is 28.6. The average molecular weight is 589 g/mol. The van der Waals surface area contributed by atoms with Gasteiger partial charge in [0.25, 0.3) is 5.91 Å². The van der Waals surface area contributed by atoms with Crippen molar-refractivity contribution in [3.8, 4) is 11.3 Å². The Bertz CT molecular complexity index is 1850. The third-order valence-electron chi connectivity index (χ3n) is 8.15. The van der Waals surface area contributed by atoms with Crippen molar-refractivity contribution in [2.24, 2.45) is 11.0 Å². The van der Waals surface area contributed by atoms with Gasteiger partial charge in [-0.05, 0) is 78.4 Å². The lowest BCUT2D eigenvalue weighted by Crippen LogP contribution is -2.32. The molecule has 0 spiro atoms. The van der Waals surface area contributed by atoms with Gasteiger partial charge in [-0.1, -0.05) is 96.0 Å². The van der Waals surface area contributed by atoms with Crippen molar-refractivity contribution in [3.05, 3.63) is 142 Å². The van der Waals surface area contributed by atoms with Gasteiger partial charge in [-0.25, -0.2) is 9.99 Å². The number of carbonyl (C=O) groups is 1. The molecule has 1 saturated carbocycles. The van der Waals surface area contributed by atoms with Crippen molar-refractivity contribution in [1.82, 2.24) is 9.99 Å². The number of hydrogen-bond acceptors (Lipinski definition) is 3. The molecule has 1 aromatic heterocycles. The summed E-state index contributed by atoms with van der Waals surface area (Å²) in [4.78, 5) is 19.6. The molecular weight excluding hydrogens is 561 g/mol. The summed E-state index contributed by atoms with van der Waals surface area (Å²) in [5, 5.41) is 9.01. The second-order valence-electron chi connectivity index (χ2n) is 10.8. The summed E-state index contributed by atoms with van der Waals surface area (Å²) in [5.74, 6) is -0.0670. The minimum atomic E-state index is -0.245. The Balaban J connectivity index is 1.37. The first kappa shape index (κ1) is 26.6. The molecule has 7 rings (SSSR count). The van der Waals surface area contributed by atoms with Gasteiger partial charge in [0.15, 0.2) is 0 Å². The van der Waals surface area contributed by atoms with Crippen molar-refractivity contribution in [3.63, 3.8) is 0 Å². The van der Waals surface area contributed by atoms with E-state index in [-0.39, 0.29) is 17.9 Å². The predicted octanol–water partition coefficient (Wildman–Crippen LogP) is 9.65. The number of nitrogens with zero attached hydrogens (tertiary/aromatic N) is 3. The molecule has 1 fully saturated rings. The zero-order valence-electron chi connectivity index (χ0n) is 22.8. The average Bonchev–Trinajstić information content (AvgIpc) is 3.43. The molecule has 2 unspecified atom stereocenters. The normalized spacial score (nSPS) is 19.1. The highest BCUT2D eigenvalue weighted by Gasteiger charge is 2.44. The SMILES string of the molecule is O=C(c1cc(-c2ccccc2)nc2ccccc12)N1N=C2/C(=C/c3ccc(Cl)cc3)CCCC2C1c1ccc(Cl)cc1. The van der Waals surface area contributed by atoms with E-state index in [1.807, 2.05) is 109 Å². The van der Waals surface area contributed by atoms with Crippen LogP contribution in [0.1, 0.15) is 46.8 Å². The Morgan fingerprint density at radius 3 is 2.29 bits per heavy atom. The summed E-state index contributed by atoms with van der Waals surface area (Å²) < 4.78 is 0. The second-order valence-corrected chi connectivity index (χ2v) is 11.7. The van der Waals surface area contributed by atoms with Gasteiger partial charge in [0.05, 0.1) is 28.5 Å². The van der Waals surface area contributed by atoms with Gasteiger partial charge in [-0.2, -0.15) is 5.10 Å². The van der Waals surface area contributed by atoms with Crippen LogP contribution in [0, 0.1) is 5.92 Å². The number of hydrazone groups is 1. The van der Waals surface area contributed by atoms with Gasteiger partial charge in [0, 0.05) is 26.9 Å². The van der Waals surface area contributed by atoms with Crippen LogP contribution in [-0.2, 0) is 0 Å². The first-order chi connectivity index (χ1) is 20.5. The molecule has 2 heterocycles. The van der Waals surface area contributed by atoms with Crippen molar-refractivity contribution >= 4 is 51.8 Å². The monoisotopic (exact) mass is 587 g/mol. The first-order valence-corrected chi connectivity index (χ1v) is 14.9.